The van der Waals surface area contributed by atoms with E-state index in [0.29, 0.717) is 12.3 Å². The molecule has 1 amide bonds. The number of hydrogen-bond donors (Lipinski definition) is 1. The first-order valence-electron chi connectivity index (χ1n) is 10.5. The van der Waals surface area contributed by atoms with Gasteiger partial charge in [0.1, 0.15) is 12.3 Å². The first kappa shape index (κ1) is 24.0. The third-order valence-corrected chi connectivity index (χ3v) is 6.60. The van der Waals surface area contributed by atoms with Crippen molar-refractivity contribution in [3.8, 4) is 5.75 Å². The van der Waals surface area contributed by atoms with Crippen molar-refractivity contribution in [1.29, 1.82) is 0 Å². The zero-order valence-corrected chi connectivity index (χ0v) is 19.7. The van der Waals surface area contributed by atoms with Crippen LogP contribution in [0, 0.1) is 13.8 Å². The molecule has 0 aliphatic carbocycles. The molecule has 0 aliphatic heterocycles. The van der Waals surface area contributed by atoms with E-state index in [1.165, 1.54) is 18.3 Å². The van der Waals surface area contributed by atoms with Crippen molar-refractivity contribution >= 4 is 27.8 Å². The summed E-state index contributed by atoms with van der Waals surface area (Å²) in [7, 11) is -3.96. The normalized spacial score (nSPS) is 11.4. The third kappa shape index (κ3) is 6.43. The molecule has 33 heavy (non-hydrogen) atoms. The Labute approximate surface area is 194 Å². The molecule has 0 saturated heterocycles. The van der Waals surface area contributed by atoms with Gasteiger partial charge in [-0.1, -0.05) is 35.4 Å². The molecular weight excluding hydrogens is 438 g/mol. The maximum atomic E-state index is 13.3. The molecule has 1 N–H and O–H groups in total. The lowest BCUT2D eigenvalue weighted by Crippen LogP contribution is -2.39. The van der Waals surface area contributed by atoms with Crippen molar-refractivity contribution in [1.82, 2.24) is 5.43 Å². The van der Waals surface area contributed by atoms with Crippen LogP contribution >= 0.6 is 0 Å². The summed E-state index contributed by atoms with van der Waals surface area (Å²) in [5.74, 6) is 0.183. The maximum Gasteiger partial charge on any atom is 0.264 e. The zero-order valence-electron chi connectivity index (χ0n) is 18.9. The number of anilines is 1. The average molecular weight is 466 g/mol. The predicted octanol–water partition coefficient (Wildman–Crippen LogP) is 4.05. The molecule has 3 aromatic rings. The van der Waals surface area contributed by atoms with Gasteiger partial charge in [0.2, 0.25) is 0 Å². The summed E-state index contributed by atoms with van der Waals surface area (Å²) in [4.78, 5) is 12.7. The van der Waals surface area contributed by atoms with Crippen LogP contribution in [-0.4, -0.2) is 33.7 Å². The van der Waals surface area contributed by atoms with Gasteiger partial charge in [-0.25, -0.2) is 13.8 Å². The highest BCUT2D eigenvalue weighted by Gasteiger charge is 2.27. The summed E-state index contributed by atoms with van der Waals surface area (Å²) in [6.07, 6.45) is 1.48. The van der Waals surface area contributed by atoms with Crippen LogP contribution in [0.25, 0.3) is 0 Å². The number of hydrogen-bond acceptors (Lipinski definition) is 5. The summed E-state index contributed by atoms with van der Waals surface area (Å²) >= 11 is 0. The Bertz CT molecular complexity index is 1200. The Morgan fingerprint density at radius 1 is 0.939 bits per heavy atom. The topological polar surface area (TPSA) is 88.1 Å². The van der Waals surface area contributed by atoms with E-state index in [1.54, 1.807) is 60.7 Å². The average Bonchev–Trinajstić information content (AvgIpc) is 2.80. The van der Waals surface area contributed by atoms with Crippen LogP contribution in [0.1, 0.15) is 23.6 Å². The van der Waals surface area contributed by atoms with Crippen molar-refractivity contribution < 1.29 is 17.9 Å². The molecule has 3 aromatic carbocycles. The van der Waals surface area contributed by atoms with Gasteiger partial charge in [-0.05, 0) is 74.9 Å². The third-order valence-electron chi connectivity index (χ3n) is 4.81. The number of benzene rings is 3. The summed E-state index contributed by atoms with van der Waals surface area (Å²) in [5, 5.41) is 3.96. The molecule has 0 heterocycles. The summed E-state index contributed by atoms with van der Waals surface area (Å²) < 4.78 is 33.2. The van der Waals surface area contributed by atoms with Gasteiger partial charge < -0.3 is 4.74 Å². The van der Waals surface area contributed by atoms with Crippen LogP contribution < -0.4 is 14.5 Å². The molecule has 0 aliphatic rings. The van der Waals surface area contributed by atoms with Crippen LogP contribution in [0.3, 0.4) is 0 Å². The standard InChI is InChI=1S/C25H27N3O4S/c1-4-32-23-13-9-21(10-14-23)17-26-27-25(29)18-28(22-11-5-19(2)6-12-22)33(30,31)24-15-7-20(3)8-16-24/h5-17H,4,18H2,1-3H3,(H,27,29)/b26-17-. The van der Waals surface area contributed by atoms with E-state index in [4.69, 9.17) is 4.74 Å². The van der Waals surface area contributed by atoms with Gasteiger partial charge in [0.05, 0.1) is 23.4 Å². The fourth-order valence-electron chi connectivity index (χ4n) is 3.02. The van der Waals surface area contributed by atoms with E-state index in [-0.39, 0.29) is 4.90 Å². The number of aryl methyl sites for hydroxylation is 2. The van der Waals surface area contributed by atoms with Crippen LogP contribution in [0.5, 0.6) is 5.75 Å². The zero-order chi connectivity index (χ0) is 23.8. The Balaban J connectivity index is 1.77. The molecule has 0 radical (unpaired) electrons. The van der Waals surface area contributed by atoms with E-state index >= 15 is 0 Å². The lowest BCUT2D eigenvalue weighted by Gasteiger charge is -2.24. The van der Waals surface area contributed by atoms with E-state index in [2.05, 4.69) is 10.5 Å². The Hall–Kier alpha value is -3.65. The van der Waals surface area contributed by atoms with E-state index in [1.807, 2.05) is 20.8 Å². The molecule has 8 heteroatoms. The Kier molecular flexibility index (Phi) is 7.84. The van der Waals surface area contributed by atoms with Crippen molar-refractivity contribution in [2.75, 3.05) is 17.5 Å². The number of nitrogens with zero attached hydrogens (tertiary/aromatic N) is 2. The fraction of sp³-hybridized carbons (Fsp3) is 0.200. The highest BCUT2D eigenvalue weighted by molar-refractivity contribution is 7.92. The predicted molar refractivity (Wildman–Crippen MR) is 130 cm³/mol. The second-order valence-corrected chi connectivity index (χ2v) is 9.32. The van der Waals surface area contributed by atoms with E-state index < -0.39 is 22.5 Å². The molecule has 7 nitrogen and oxygen atoms in total. The molecule has 0 atom stereocenters. The number of amides is 1. The first-order chi connectivity index (χ1) is 15.8. The highest BCUT2D eigenvalue weighted by atomic mass is 32.2. The van der Waals surface area contributed by atoms with Crippen molar-refractivity contribution in [2.45, 2.75) is 25.7 Å². The molecule has 0 aromatic heterocycles. The molecule has 0 unspecified atom stereocenters. The minimum Gasteiger partial charge on any atom is -0.494 e. The van der Waals surface area contributed by atoms with Gasteiger partial charge in [0.15, 0.2) is 0 Å². The number of sulfonamides is 1. The molecule has 3 rings (SSSR count). The van der Waals surface area contributed by atoms with Gasteiger partial charge in [0, 0.05) is 0 Å². The minimum absolute atomic E-state index is 0.111. The summed E-state index contributed by atoms with van der Waals surface area (Å²) in [5.41, 5.74) is 5.49. The SMILES string of the molecule is CCOc1ccc(/C=N\NC(=O)CN(c2ccc(C)cc2)S(=O)(=O)c2ccc(C)cc2)cc1. The van der Waals surface area contributed by atoms with E-state index in [0.717, 1.165) is 26.7 Å². The quantitative estimate of drug-likeness (QED) is 0.381. The van der Waals surface area contributed by atoms with Crippen LogP contribution in [-0.2, 0) is 14.8 Å². The monoisotopic (exact) mass is 465 g/mol. The highest BCUT2D eigenvalue weighted by Crippen LogP contribution is 2.24. The second-order valence-electron chi connectivity index (χ2n) is 7.46. The molecule has 0 fully saturated rings. The molecule has 0 saturated carbocycles. The Morgan fingerprint density at radius 3 is 2.09 bits per heavy atom. The summed E-state index contributed by atoms with van der Waals surface area (Å²) in [6, 6.07) is 20.7. The number of nitrogens with one attached hydrogen (secondary N) is 1. The van der Waals surface area contributed by atoms with Crippen LogP contribution in [0.4, 0.5) is 5.69 Å². The first-order valence-corrected chi connectivity index (χ1v) is 11.9. The largest absolute Gasteiger partial charge is 0.494 e. The number of carbonyl (C=O) groups excluding carboxylic acids is 1. The van der Waals surface area contributed by atoms with E-state index in [9.17, 15) is 13.2 Å². The smallest absolute Gasteiger partial charge is 0.264 e. The minimum atomic E-state index is -3.96. The van der Waals surface area contributed by atoms with Gasteiger partial charge in [0.25, 0.3) is 15.9 Å². The number of carbonyl (C=O) groups is 1. The van der Waals surface area contributed by atoms with Gasteiger partial charge in [-0.15, -0.1) is 0 Å². The van der Waals surface area contributed by atoms with Gasteiger partial charge in [-0.2, -0.15) is 5.10 Å². The Morgan fingerprint density at radius 2 is 1.52 bits per heavy atom. The number of hydrazone groups is 1. The second kappa shape index (κ2) is 10.8. The molecule has 172 valence electrons. The number of rotatable bonds is 9. The number of ether oxygens (including phenoxy) is 1. The van der Waals surface area contributed by atoms with Gasteiger partial charge >= 0.3 is 0 Å². The molecular formula is C25H27N3O4S. The van der Waals surface area contributed by atoms with Crippen LogP contribution in [0.15, 0.2) is 82.8 Å². The summed E-state index contributed by atoms with van der Waals surface area (Å²) in [6.45, 7) is 5.85. The molecule has 0 bridgehead atoms. The van der Waals surface area contributed by atoms with Crippen molar-refractivity contribution in [3.63, 3.8) is 0 Å². The fourth-order valence-corrected chi connectivity index (χ4v) is 4.45. The van der Waals surface area contributed by atoms with Gasteiger partial charge in [-0.3, -0.25) is 9.10 Å². The lowest BCUT2D eigenvalue weighted by atomic mass is 10.2. The lowest BCUT2D eigenvalue weighted by molar-refractivity contribution is -0.119. The molecule has 0 spiro atoms. The maximum absolute atomic E-state index is 13.3. The van der Waals surface area contributed by atoms with Crippen LogP contribution in [0.2, 0.25) is 0 Å². The van der Waals surface area contributed by atoms with Crippen molar-refractivity contribution in [3.05, 3.63) is 89.5 Å². The van der Waals surface area contributed by atoms with Crippen molar-refractivity contribution in [2.24, 2.45) is 5.10 Å².